The van der Waals surface area contributed by atoms with E-state index >= 15 is 0 Å². The van der Waals surface area contributed by atoms with E-state index in [-0.39, 0.29) is 17.9 Å². The average Bonchev–Trinajstić information content (AvgIpc) is 2.79. The zero-order valence-electron chi connectivity index (χ0n) is 19.6. The number of fused-ring (bicyclic) bond motifs is 1. The number of hydrogen-bond acceptors (Lipinski definition) is 3. The first-order chi connectivity index (χ1) is 15.5. The summed E-state index contributed by atoms with van der Waals surface area (Å²) in [4.78, 5) is 30.0. The van der Waals surface area contributed by atoms with Crippen LogP contribution in [0.1, 0.15) is 55.5 Å². The molecule has 5 nitrogen and oxygen atoms in total. The minimum Gasteiger partial charge on any atom is -0.491 e. The Bertz CT molecular complexity index is 881. The number of nitrogens with zero attached hydrogens (tertiary/aromatic N) is 2. The van der Waals surface area contributed by atoms with Gasteiger partial charge in [0.2, 0.25) is 5.91 Å². The fourth-order valence-electron chi connectivity index (χ4n) is 4.19. The van der Waals surface area contributed by atoms with Crippen molar-refractivity contribution in [3.63, 3.8) is 0 Å². The molecule has 0 aliphatic carbocycles. The predicted molar refractivity (Wildman–Crippen MR) is 128 cm³/mol. The summed E-state index contributed by atoms with van der Waals surface area (Å²) in [5, 5.41) is 0. The van der Waals surface area contributed by atoms with Crippen LogP contribution >= 0.6 is 0 Å². The van der Waals surface area contributed by atoms with E-state index in [4.69, 9.17) is 4.74 Å². The van der Waals surface area contributed by atoms with Crippen molar-refractivity contribution in [1.29, 1.82) is 0 Å². The Hall–Kier alpha value is -2.82. The molecule has 0 unspecified atom stereocenters. The van der Waals surface area contributed by atoms with Crippen molar-refractivity contribution in [3.05, 3.63) is 65.7 Å². The van der Waals surface area contributed by atoms with Gasteiger partial charge in [0, 0.05) is 26.6 Å². The third-order valence-corrected chi connectivity index (χ3v) is 5.95. The largest absolute Gasteiger partial charge is 0.491 e. The molecule has 0 fully saturated rings. The Kier molecular flexibility index (Phi) is 8.72. The lowest BCUT2D eigenvalue weighted by atomic mass is 10.0. The number of carbonyl (C=O) groups is 2. The van der Waals surface area contributed by atoms with E-state index in [2.05, 4.69) is 26.0 Å². The second-order valence-corrected chi connectivity index (χ2v) is 9.12. The Morgan fingerprint density at radius 2 is 1.69 bits per heavy atom. The molecule has 1 atom stereocenters. The van der Waals surface area contributed by atoms with Gasteiger partial charge >= 0.3 is 0 Å². The topological polar surface area (TPSA) is 49.9 Å². The van der Waals surface area contributed by atoms with Crippen LogP contribution in [0.3, 0.4) is 0 Å². The van der Waals surface area contributed by atoms with Gasteiger partial charge in [-0.15, -0.1) is 0 Å². The first-order valence-corrected chi connectivity index (χ1v) is 11.8. The summed E-state index contributed by atoms with van der Waals surface area (Å²) in [5.41, 5.74) is 1.75. The summed E-state index contributed by atoms with van der Waals surface area (Å²) in [6.07, 6.45) is 4.07. The molecule has 3 rings (SSSR count). The molecule has 32 heavy (non-hydrogen) atoms. The molecular formula is C27H36N2O3. The van der Waals surface area contributed by atoms with Gasteiger partial charge in [-0.1, -0.05) is 56.3 Å². The van der Waals surface area contributed by atoms with Gasteiger partial charge in [-0.2, -0.15) is 0 Å². The first-order valence-electron chi connectivity index (χ1n) is 11.8. The van der Waals surface area contributed by atoms with Crippen LogP contribution in [0.2, 0.25) is 0 Å². The zero-order chi connectivity index (χ0) is 22.9. The van der Waals surface area contributed by atoms with Crippen molar-refractivity contribution in [2.45, 2.75) is 52.0 Å². The molecule has 0 saturated carbocycles. The number of benzene rings is 2. The van der Waals surface area contributed by atoms with Crippen molar-refractivity contribution in [3.8, 4) is 5.75 Å². The van der Waals surface area contributed by atoms with Gasteiger partial charge in [0.1, 0.15) is 12.4 Å². The second-order valence-electron chi connectivity index (χ2n) is 9.12. The number of para-hydroxylation sites is 1. The normalized spacial score (nSPS) is 18.2. The first kappa shape index (κ1) is 23.8. The van der Waals surface area contributed by atoms with Gasteiger partial charge in [-0.25, -0.2) is 0 Å². The van der Waals surface area contributed by atoms with Crippen molar-refractivity contribution in [1.82, 2.24) is 9.80 Å². The van der Waals surface area contributed by atoms with E-state index in [0.717, 1.165) is 25.7 Å². The lowest BCUT2D eigenvalue weighted by Crippen LogP contribution is -2.46. The molecule has 1 aliphatic heterocycles. The van der Waals surface area contributed by atoms with E-state index in [1.807, 2.05) is 54.4 Å². The second kappa shape index (κ2) is 11.7. The minimum absolute atomic E-state index is 0.0211. The molecule has 1 aliphatic rings. The van der Waals surface area contributed by atoms with E-state index < -0.39 is 0 Å². The molecule has 0 radical (unpaired) electrons. The van der Waals surface area contributed by atoms with Gasteiger partial charge in [0.15, 0.2) is 0 Å². The number of rotatable bonds is 4. The van der Waals surface area contributed by atoms with Gasteiger partial charge in [-0.05, 0) is 49.3 Å². The highest BCUT2D eigenvalue weighted by Crippen LogP contribution is 2.23. The lowest BCUT2D eigenvalue weighted by molar-refractivity contribution is -0.135. The van der Waals surface area contributed by atoms with Gasteiger partial charge in [0.05, 0.1) is 11.6 Å². The summed E-state index contributed by atoms with van der Waals surface area (Å²) in [5.74, 6) is 1.04. The zero-order valence-corrected chi connectivity index (χ0v) is 19.6. The van der Waals surface area contributed by atoms with Gasteiger partial charge < -0.3 is 14.5 Å². The summed E-state index contributed by atoms with van der Waals surface area (Å²) in [6, 6.07) is 17.6. The van der Waals surface area contributed by atoms with Crippen molar-refractivity contribution in [2.24, 2.45) is 5.92 Å². The molecule has 2 aromatic carbocycles. The van der Waals surface area contributed by atoms with Crippen molar-refractivity contribution < 1.29 is 14.3 Å². The molecule has 0 N–H and O–H groups in total. The standard InChI is InChI=1S/C27H36N2O3/c1-21(2)18-26(30)29-17-11-5-10-16-28(3)27(31)24-14-8-9-15-25(24)32-20-23(29)19-22-12-6-4-7-13-22/h4,6-9,12-15,21,23H,5,10-11,16-20H2,1-3H3/t23-/m0/s1. The van der Waals surface area contributed by atoms with Crippen LogP contribution in [-0.2, 0) is 11.2 Å². The number of hydrogen-bond donors (Lipinski definition) is 0. The average molecular weight is 437 g/mol. The predicted octanol–water partition coefficient (Wildman–Crippen LogP) is 4.81. The van der Waals surface area contributed by atoms with Crippen LogP contribution in [0.5, 0.6) is 5.75 Å². The molecular weight excluding hydrogens is 400 g/mol. The van der Waals surface area contributed by atoms with Crippen molar-refractivity contribution in [2.75, 3.05) is 26.7 Å². The molecule has 0 saturated heterocycles. The maximum Gasteiger partial charge on any atom is 0.257 e. The molecule has 172 valence electrons. The maximum atomic E-state index is 13.3. The Morgan fingerprint density at radius 3 is 2.44 bits per heavy atom. The fourth-order valence-corrected chi connectivity index (χ4v) is 4.19. The highest BCUT2D eigenvalue weighted by Gasteiger charge is 2.26. The van der Waals surface area contributed by atoms with E-state index in [0.29, 0.717) is 43.3 Å². The molecule has 5 heteroatoms. The Morgan fingerprint density at radius 1 is 1.00 bits per heavy atom. The van der Waals surface area contributed by atoms with Crippen LogP contribution in [0.25, 0.3) is 0 Å². The molecule has 1 heterocycles. The smallest absolute Gasteiger partial charge is 0.257 e. The Balaban J connectivity index is 1.92. The fraction of sp³-hybridized carbons (Fsp3) is 0.481. The Labute approximate surface area is 192 Å². The SMILES string of the molecule is CC(C)CC(=O)N1CCCCCN(C)C(=O)c2ccccc2OC[C@@H]1Cc1ccccc1. The molecule has 2 aromatic rings. The monoisotopic (exact) mass is 436 g/mol. The van der Waals surface area contributed by atoms with E-state index in [9.17, 15) is 9.59 Å². The highest BCUT2D eigenvalue weighted by molar-refractivity contribution is 5.96. The lowest BCUT2D eigenvalue weighted by Gasteiger charge is -2.33. The van der Waals surface area contributed by atoms with E-state index in [1.54, 1.807) is 4.90 Å². The van der Waals surface area contributed by atoms with Gasteiger partial charge in [-0.3, -0.25) is 9.59 Å². The van der Waals surface area contributed by atoms with Crippen LogP contribution < -0.4 is 4.74 Å². The summed E-state index contributed by atoms with van der Waals surface area (Å²) in [6.45, 7) is 5.93. The summed E-state index contributed by atoms with van der Waals surface area (Å²) in [7, 11) is 1.84. The number of amides is 2. The van der Waals surface area contributed by atoms with Crippen LogP contribution in [0.15, 0.2) is 54.6 Å². The highest BCUT2D eigenvalue weighted by atomic mass is 16.5. The van der Waals surface area contributed by atoms with Crippen molar-refractivity contribution >= 4 is 11.8 Å². The van der Waals surface area contributed by atoms with Crippen LogP contribution in [0.4, 0.5) is 0 Å². The van der Waals surface area contributed by atoms with E-state index in [1.165, 1.54) is 5.56 Å². The molecule has 2 amide bonds. The third-order valence-electron chi connectivity index (χ3n) is 5.95. The molecule has 0 aromatic heterocycles. The maximum absolute atomic E-state index is 13.3. The van der Waals surface area contributed by atoms with Gasteiger partial charge in [0.25, 0.3) is 5.91 Å². The molecule has 0 bridgehead atoms. The molecule has 0 spiro atoms. The quantitative estimate of drug-likeness (QED) is 0.691. The summed E-state index contributed by atoms with van der Waals surface area (Å²) >= 11 is 0. The summed E-state index contributed by atoms with van der Waals surface area (Å²) < 4.78 is 6.25. The van der Waals surface area contributed by atoms with Crippen LogP contribution in [0, 0.1) is 5.92 Å². The third kappa shape index (κ3) is 6.59. The number of ether oxygens (including phenoxy) is 1. The van der Waals surface area contributed by atoms with Crippen LogP contribution in [-0.4, -0.2) is 54.4 Å². The minimum atomic E-state index is -0.0923. The number of carbonyl (C=O) groups excluding carboxylic acids is 2.